The number of nitrogens with zero attached hydrogens (tertiary/aromatic N) is 1. The fourth-order valence-corrected chi connectivity index (χ4v) is 3.09. The van der Waals surface area contributed by atoms with Crippen molar-refractivity contribution in [3.63, 3.8) is 0 Å². The van der Waals surface area contributed by atoms with E-state index in [1.165, 1.54) is 12.8 Å². The van der Waals surface area contributed by atoms with E-state index in [2.05, 4.69) is 11.6 Å². The number of quaternary nitrogens is 1. The van der Waals surface area contributed by atoms with Crippen molar-refractivity contribution in [1.82, 2.24) is 0 Å². The summed E-state index contributed by atoms with van der Waals surface area (Å²) in [4.78, 5) is 30.9. The van der Waals surface area contributed by atoms with Crippen molar-refractivity contribution in [2.45, 2.75) is 58.5 Å². The molecule has 0 aromatic heterocycles. The molecule has 0 aromatic rings. The van der Waals surface area contributed by atoms with Crippen LogP contribution in [-0.2, 0) is 39.9 Å². The van der Waals surface area contributed by atoms with Gasteiger partial charge in [-0.25, -0.2) is 14.8 Å². The Hall–Kier alpha value is -0.472. The molecule has 0 spiro atoms. The molecule has 12 heteroatoms. The molecule has 1 aliphatic carbocycles. The molecule has 0 aliphatic heterocycles. The van der Waals surface area contributed by atoms with E-state index in [0.717, 1.165) is 12.8 Å². The van der Waals surface area contributed by atoms with E-state index in [4.69, 9.17) is 30.7 Å². The number of rotatable bonds is 8. The van der Waals surface area contributed by atoms with Crippen LogP contribution in [0.15, 0.2) is 0 Å². The number of carboxylic acids is 2. The summed E-state index contributed by atoms with van der Waals surface area (Å²) in [6, 6.07) is -1.19. The fourth-order valence-electron chi connectivity index (χ4n) is 3.09. The van der Waals surface area contributed by atoms with E-state index in [9.17, 15) is 9.59 Å². The molecule has 0 amide bonds. The van der Waals surface area contributed by atoms with Crippen LogP contribution in [0.25, 0.3) is 5.73 Å². The molecule has 1 rings (SSSR count). The summed E-state index contributed by atoms with van der Waals surface area (Å²) in [6.07, 6.45) is 4.25. The van der Waals surface area contributed by atoms with Crippen LogP contribution in [0.4, 0.5) is 0 Å². The summed E-state index contributed by atoms with van der Waals surface area (Å²) in [5, 5.41) is 25.0. The zero-order valence-electron chi connectivity index (χ0n) is 16.5. The van der Waals surface area contributed by atoms with Gasteiger partial charge in [-0.1, -0.05) is 26.2 Å². The second kappa shape index (κ2) is 17.4. The largest absolute Gasteiger partial charge is 2.00 e. The van der Waals surface area contributed by atoms with Gasteiger partial charge in [-0.15, -0.1) is 0 Å². The van der Waals surface area contributed by atoms with E-state index in [-0.39, 0.29) is 33.0 Å². The summed E-state index contributed by atoms with van der Waals surface area (Å²) in [5.74, 6) is -2.07. The molecule has 0 radical (unpaired) electrons. The Morgan fingerprint density at radius 1 is 1.29 bits per heavy atom. The average Bonchev–Trinajstić information content (AvgIpc) is 2.97. The molecule has 4 N–H and O–H groups in total. The first-order chi connectivity index (χ1) is 12.5. The normalized spacial score (nSPS) is 18.8. The molecule has 1 saturated carbocycles. The van der Waals surface area contributed by atoms with Crippen molar-refractivity contribution in [3.8, 4) is 0 Å². The molecule has 170 valence electrons. The standard InChI is InChI=1S/C10H19NO4.C6H11N.HO4P.Pt.H2/c1-4-7-11(5-2,6-3)8(9(12)13)10(14)15;1-5-3-2-4-6(5)7;1-4-5(2)3;;/h8H,4-7H2,1-3H3,(H-,12,13,14,15);5-7H,1-4H2;1H;;1H/q;-2;;+2;/p+1. The summed E-state index contributed by atoms with van der Waals surface area (Å²) in [5.41, 5.74) is 7.28. The molecular formula is C16H34N2O8PPt+. The van der Waals surface area contributed by atoms with Gasteiger partial charge in [-0.2, -0.15) is 12.0 Å². The van der Waals surface area contributed by atoms with Crippen LogP contribution >= 0.6 is 8.25 Å². The third kappa shape index (κ3) is 12.2. The molecule has 1 fully saturated rings. The minimum Gasteiger partial charge on any atom is -0.677 e. The van der Waals surface area contributed by atoms with Crippen molar-refractivity contribution in [2.24, 2.45) is 5.92 Å². The van der Waals surface area contributed by atoms with Gasteiger partial charge in [0.05, 0.1) is 19.6 Å². The second-order valence-electron chi connectivity index (χ2n) is 6.26. The van der Waals surface area contributed by atoms with Gasteiger partial charge in [0.1, 0.15) is 0 Å². The zero-order valence-corrected chi connectivity index (χ0v) is 19.6. The maximum Gasteiger partial charge on any atom is 2.00 e. The van der Waals surface area contributed by atoms with Crippen LogP contribution in [0, 0.1) is 12.8 Å². The van der Waals surface area contributed by atoms with Gasteiger partial charge in [0, 0.05) is 6.10 Å². The van der Waals surface area contributed by atoms with Gasteiger partial charge in [-0.05, 0) is 24.8 Å². The monoisotopic (exact) mass is 608 g/mol. The van der Waals surface area contributed by atoms with Crippen LogP contribution < -0.4 is 4.89 Å². The van der Waals surface area contributed by atoms with E-state index in [1.54, 1.807) is 0 Å². The maximum absolute atomic E-state index is 11.0. The molecule has 10 nitrogen and oxygen atoms in total. The van der Waals surface area contributed by atoms with E-state index >= 15 is 0 Å². The summed E-state index contributed by atoms with van der Waals surface area (Å²) in [6.45, 7) is 11.0. The van der Waals surface area contributed by atoms with Crippen molar-refractivity contribution < 1.29 is 66.2 Å². The predicted octanol–water partition coefficient (Wildman–Crippen LogP) is 2.57. The van der Waals surface area contributed by atoms with Gasteiger partial charge >= 0.3 is 41.3 Å². The molecule has 0 aromatic carbocycles. The SMILES string of the molecule is CCC[N+](CC)(CC)C(C(=O)O)C(=O)O.O=[P+]([O-])OO.[CH2-]C1CCCC1[NH-].[HH].[Pt+2]. The Morgan fingerprint density at radius 3 is 1.86 bits per heavy atom. The van der Waals surface area contributed by atoms with Crippen molar-refractivity contribution in [3.05, 3.63) is 12.7 Å². The quantitative estimate of drug-likeness (QED) is 0.0944. The van der Waals surface area contributed by atoms with Crippen molar-refractivity contribution in [1.29, 1.82) is 0 Å². The molecule has 0 bridgehead atoms. The van der Waals surface area contributed by atoms with E-state index in [1.807, 2.05) is 20.8 Å². The number of hydrogen-bond acceptors (Lipinski definition) is 6. The van der Waals surface area contributed by atoms with Gasteiger partial charge in [0.25, 0.3) is 6.04 Å². The Morgan fingerprint density at radius 2 is 1.71 bits per heavy atom. The minimum absolute atomic E-state index is 0. The van der Waals surface area contributed by atoms with Gasteiger partial charge in [0.2, 0.25) is 0 Å². The Kier molecular flexibility index (Phi) is 20.0. The van der Waals surface area contributed by atoms with Gasteiger partial charge < -0.3 is 32.2 Å². The first-order valence-electron chi connectivity index (χ1n) is 8.84. The molecule has 28 heavy (non-hydrogen) atoms. The number of carboxylic acid groups (broad SMARTS) is 2. The maximum atomic E-state index is 11.0. The Bertz CT molecular complexity index is 450. The summed E-state index contributed by atoms with van der Waals surface area (Å²) < 4.78 is 11.7. The van der Waals surface area contributed by atoms with Crippen LogP contribution in [0.3, 0.4) is 0 Å². The van der Waals surface area contributed by atoms with Crippen LogP contribution in [-0.4, -0.2) is 63.6 Å². The van der Waals surface area contributed by atoms with Crippen LogP contribution in [0.5, 0.6) is 0 Å². The average molecular weight is 609 g/mol. The smallest absolute Gasteiger partial charge is 0.677 e. The zero-order chi connectivity index (χ0) is 21.6. The van der Waals surface area contributed by atoms with Crippen molar-refractivity contribution in [2.75, 3.05) is 19.6 Å². The molecule has 3 atom stereocenters. The first-order valence-corrected chi connectivity index (χ1v) is 9.93. The number of hydrogen-bond donors (Lipinski definition) is 3. The number of carbonyl (C=O) groups is 2. The number of nitrogens with one attached hydrogen (secondary N) is 1. The van der Waals surface area contributed by atoms with Crippen LogP contribution in [0.2, 0.25) is 0 Å². The number of likely N-dealkylation sites (N-methyl/N-ethyl adjacent to an activating group) is 1. The topological polar surface area (TPSA) is 168 Å². The molecule has 3 unspecified atom stereocenters. The predicted molar refractivity (Wildman–Crippen MR) is 99.8 cm³/mol. The second-order valence-corrected chi connectivity index (χ2v) is 6.87. The van der Waals surface area contributed by atoms with Gasteiger partial charge in [0.15, 0.2) is 0 Å². The van der Waals surface area contributed by atoms with Gasteiger partial charge in [-0.3, -0.25) is 0 Å². The van der Waals surface area contributed by atoms with E-state index < -0.39 is 26.2 Å². The first kappa shape index (κ1) is 32.2. The fraction of sp³-hybridized carbons (Fsp3) is 0.812. The summed E-state index contributed by atoms with van der Waals surface area (Å²) in [7, 11) is -3.04. The number of aliphatic carboxylic acids is 2. The van der Waals surface area contributed by atoms with Crippen molar-refractivity contribution >= 4 is 20.2 Å². The molecular weight excluding hydrogens is 574 g/mol. The van der Waals surface area contributed by atoms with E-state index in [0.29, 0.717) is 25.6 Å². The Labute approximate surface area is 183 Å². The third-order valence-corrected chi connectivity index (χ3v) is 4.80. The summed E-state index contributed by atoms with van der Waals surface area (Å²) >= 11 is 0. The third-order valence-electron chi connectivity index (χ3n) is 4.67. The molecule has 0 heterocycles. The molecule has 1 aliphatic rings. The minimum atomic E-state index is -3.04. The van der Waals surface area contributed by atoms with Crippen LogP contribution in [0.1, 0.15) is 47.9 Å². The Balaban J connectivity index is -0.000000186. The molecule has 0 saturated heterocycles.